The van der Waals surface area contributed by atoms with Crippen LogP contribution in [0.2, 0.25) is 0 Å². The van der Waals surface area contributed by atoms with Gasteiger partial charge in [0.2, 0.25) is 0 Å². The van der Waals surface area contributed by atoms with Gasteiger partial charge in [-0.25, -0.2) is 9.97 Å². The highest BCUT2D eigenvalue weighted by Gasteiger charge is 2.16. The van der Waals surface area contributed by atoms with Gasteiger partial charge in [-0.2, -0.15) is 0 Å². The fourth-order valence-corrected chi connectivity index (χ4v) is 7.48. The summed E-state index contributed by atoms with van der Waals surface area (Å²) in [5, 5.41) is 7.11. The van der Waals surface area contributed by atoms with E-state index in [1.807, 2.05) is 6.07 Å². The number of aromatic nitrogens is 2. The number of fused-ring (bicyclic) bond motifs is 6. The molecule has 9 rings (SSSR count). The minimum atomic E-state index is 1.00. The lowest BCUT2D eigenvalue weighted by atomic mass is 9.92. The van der Waals surface area contributed by atoms with E-state index in [0.717, 1.165) is 43.8 Å². The Bertz CT molecular complexity index is 2500. The first kappa shape index (κ1) is 25.8. The molecule has 3 heteroatoms. The van der Waals surface area contributed by atoms with E-state index in [2.05, 4.69) is 152 Å². The van der Waals surface area contributed by atoms with Crippen molar-refractivity contribution in [2.45, 2.75) is 0 Å². The van der Waals surface area contributed by atoms with Crippen molar-refractivity contribution in [2.75, 3.05) is 0 Å². The van der Waals surface area contributed by atoms with Gasteiger partial charge in [0.15, 0.2) is 0 Å². The van der Waals surface area contributed by atoms with Gasteiger partial charge >= 0.3 is 0 Å². The topological polar surface area (TPSA) is 25.8 Å². The highest BCUT2D eigenvalue weighted by atomic mass is 32.1. The number of pyridine rings is 1. The molecule has 2 aromatic heterocycles. The molecule has 0 aliphatic heterocycles. The molecule has 0 aliphatic carbocycles. The molecule has 0 aliphatic rings. The molecule has 45 heavy (non-hydrogen) atoms. The van der Waals surface area contributed by atoms with Crippen LogP contribution in [0, 0.1) is 0 Å². The lowest BCUT2D eigenvalue weighted by molar-refractivity contribution is 1.42. The van der Waals surface area contributed by atoms with E-state index in [9.17, 15) is 0 Å². The van der Waals surface area contributed by atoms with E-state index in [-0.39, 0.29) is 0 Å². The summed E-state index contributed by atoms with van der Waals surface area (Å²) in [6.07, 6.45) is 0. The van der Waals surface area contributed by atoms with Gasteiger partial charge in [0.05, 0.1) is 21.4 Å². The smallest absolute Gasteiger partial charge is 0.124 e. The van der Waals surface area contributed by atoms with Crippen molar-refractivity contribution >= 4 is 54.0 Å². The maximum Gasteiger partial charge on any atom is 0.124 e. The van der Waals surface area contributed by atoms with Crippen molar-refractivity contribution in [2.24, 2.45) is 0 Å². The van der Waals surface area contributed by atoms with Gasteiger partial charge < -0.3 is 0 Å². The molecule has 0 atom stereocenters. The standard InChI is InChI=1S/C42H26N2S/c1-2-10-28(11-3-1)34-16-9-17-35-39-33-15-5-4-12-29(33)24-25-36(39)40(44-41(34)35)30-22-20-27(21-23-30)31-13-8-14-32(26-31)42-43-37-18-6-7-19-38(37)45-42/h1-26H. The van der Waals surface area contributed by atoms with Gasteiger partial charge in [0.1, 0.15) is 5.01 Å². The number of para-hydroxylation sites is 2. The second-order valence-electron chi connectivity index (χ2n) is 11.4. The average Bonchev–Trinajstić information content (AvgIpc) is 3.56. The first-order chi connectivity index (χ1) is 22.3. The fourth-order valence-electron chi connectivity index (χ4n) is 6.52. The Morgan fingerprint density at radius 2 is 1.13 bits per heavy atom. The van der Waals surface area contributed by atoms with E-state index in [1.165, 1.54) is 42.9 Å². The molecule has 9 aromatic rings. The highest BCUT2D eigenvalue weighted by molar-refractivity contribution is 7.21. The lowest BCUT2D eigenvalue weighted by Gasteiger charge is -2.15. The molecule has 0 spiro atoms. The second kappa shape index (κ2) is 10.5. The molecule has 7 aromatic carbocycles. The molecule has 0 radical (unpaired) electrons. The second-order valence-corrected chi connectivity index (χ2v) is 12.4. The molecule has 0 N–H and O–H groups in total. The van der Waals surface area contributed by atoms with Crippen molar-refractivity contribution in [1.29, 1.82) is 0 Å². The molecule has 210 valence electrons. The van der Waals surface area contributed by atoms with Gasteiger partial charge in [0, 0.05) is 32.8 Å². The summed E-state index contributed by atoms with van der Waals surface area (Å²) < 4.78 is 1.21. The molecule has 0 saturated heterocycles. The highest BCUT2D eigenvalue weighted by Crippen LogP contribution is 2.40. The predicted octanol–water partition coefficient (Wildman–Crippen LogP) is 11.8. The van der Waals surface area contributed by atoms with Crippen LogP contribution >= 0.6 is 11.3 Å². The zero-order valence-corrected chi connectivity index (χ0v) is 25.1. The van der Waals surface area contributed by atoms with Crippen molar-refractivity contribution < 1.29 is 0 Å². The van der Waals surface area contributed by atoms with Gasteiger partial charge in [-0.1, -0.05) is 140 Å². The summed E-state index contributed by atoms with van der Waals surface area (Å²) in [4.78, 5) is 10.3. The normalized spacial score (nSPS) is 11.6. The Morgan fingerprint density at radius 3 is 2.02 bits per heavy atom. The van der Waals surface area contributed by atoms with Crippen molar-refractivity contribution in [3.63, 3.8) is 0 Å². The number of rotatable bonds is 4. The molecule has 2 heterocycles. The first-order valence-electron chi connectivity index (χ1n) is 15.2. The number of nitrogens with zero attached hydrogens (tertiary/aromatic N) is 2. The van der Waals surface area contributed by atoms with E-state index in [1.54, 1.807) is 11.3 Å². The molecular weight excluding hydrogens is 565 g/mol. The van der Waals surface area contributed by atoms with Gasteiger partial charge in [-0.05, 0) is 45.7 Å². The fraction of sp³-hybridized carbons (Fsp3) is 0. The number of benzene rings is 7. The van der Waals surface area contributed by atoms with Crippen LogP contribution in [0.25, 0.3) is 86.7 Å². The maximum absolute atomic E-state index is 5.43. The quantitative estimate of drug-likeness (QED) is 0.191. The van der Waals surface area contributed by atoms with Crippen LogP contribution in [0.15, 0.2) is 158 Å². The summed E-state index contributed by atoms with van der Waals surface area (Å²) >= 11 is 1.74. The molecule has 2 nitrogen and oxygen atoms in total. The number of thiazole rings is 1. The Hall–Kier alpha value is -5.64. The van der Waals surface area contributed by atoms with Gasteiger partial charge in [-0.15, -0.1) is 11.3 Å². The molecular formula is C42H26N2S. The number of hydrogen-bond donors (Lipinski definition) is 0. The Labute approximate surface area is 264 Å². The van der Waals surface area contributed by atoms with E-state index < -0.39 is 0 Å². The minimum Gasteiger partial charge on any atom is -0.246 e. The summed E-state index contributed by atoms with van der Waals surface area (Å²) in [7, 11) is 0. The Balaban J connectivity index is 1.20. The Kier molecular flexibility index (Phi) is 6.03. The summed E-state index contributed by atoms with van der Waals surface area (Å²) in [5.74, 6) is 0. The first-order valence-corrected chi connectivity index (χ1v) is 16.0. The van der Waals surface area contributed by atoms with Crippen LogP contribution in [-0.4, -0.2) is 9.97 Å². The molecule has 0 saturated carbocycles. The molecule has 0 unspecified atom stereocenters. The maximum atomic E-state index is 5.43. The molecule has 0 bridgehead atoms. The molecule has 0 fully saturated rings. The minimum absolute atomic E-state index is 1.00. The summed E-state index contributed by atoms with van der Waals surface area (Å²) in [6, 6.07) is 56.2. The third-order valence-corrected chi connectivity index (χ3v) is 9.78. The summed E-state index contributed by atoms with van der Waals surface area (Å²) in [5.41, 5.74) is 9.97. The third kappa shape index (κ3) is 4.40. The van der Waals surface area contributed by atoms with E-state index in [0.29, 0.717) is 0 Å². The van der Waals surface area contributed by atoms with Crippen LogP contribution in [0.4, 0.5) is 0 Å². The van der Waals surface area contributed by atoms with Crippen LogP contribution in [0.3, 0.4) is 0 Å². The largest absolute Gasteiger partial charge is 0.246 e. The van der Waals surface area contributed by atoms with Crippen molar-refractivity contribution in [3.8, 4) is 44.1 Å². The van der Waals surface area contributed by atoms with E-state index in [4.69, 9.17) is 9.97 Å². The summed E-state index contributed by atoms with van der Waals surface area (Å²) in [6.45, 7) is 0. The zero-order chi connectivity index (χ0) is 29.7. The van der Waals surface area contributed by atoms with Crippen molar-refractivity contribution in [3.05, 3.63) is 158 Å². The van der Waals surface area contributed by atoms with E-state index >= 15 is 0 Å². The van der Waals surface area contributed by atoms with Gasteiger partial charge in [-0.3, -0.25) is 0 Å². The average molecular weight is 591 g/mol. The SMILES string of the molecule is c1ccc(-c2cccc3c2nc(-c2ccc(-c4cccc(-c5nc6ccccc6s5)c4)cc2)c2ccc4ccccc4c23)cc1. The predicted molar refractivity (Wildman–Crippen MR) is 192 cm³/mol. The monoisotopic (exact) mass is 590 g/mol. The lowest BCUT2D eigenvalue weighted by Crippen LogP contribution is -1.93. The third-order valence-electron chi connectivity index (χ3n) is 8.69. The Morgan fingerprint density at radius 1 is 0.422 bits per heavy atom. The van der Waals surface area contributed by atoms with Crippen molar-refractivity contribution in [1.82, 2.24) is 9.97 Å². The van der Waals surface area contributed by atoms with Crippen LogP contribution in [0.5, 0.6) is 0 Å². The molecule has 0 amide bonds. The van der Waals surface area contributed by atoms with Crippen LogP contribution < -0.4 is 0 Å². The van der Waals surface area contributed by atoms with Crippen LogP contribution in [0.1, 0.15) is 0 Å². The number of hydrogen-bond acceptors (Lipinski definition) is 3. The van der Waals surface area contributed by atoms with Gasteiger partial charge in [0.25, 0.3) is 0 Å². The zero-order valence-electron chi connectivity index (χ0n) is 24.3. The van der Waals surface area contributed by atoms with Crippen LogP contribution in [-0.2, 0) is 0 Å².